The van der Waals surface area contributed by atoms with E-state index in [-0.39, 0.29) is 18.0 Å². The van der Waals surface area contributed by atoms with Crippen molar-refractivity contribution in [3.05, 3.63) is 34.9 Å². The second kappa shape index (κ2) is 6.35. The molecule has 2 unspecified atom stereocenters. The van der Waals surface area contributed by atoms with Crippen molar-refractivity contribution in [1.29, 1.82) is 0 Å². The van der Waals surface area contributed by atoms with Gasteiger partial charge in [0.1, 0.15) is 6.04 Å². The molecule has 5 nitrogen and oxygen atoms in total. The minimum Gasteiger partial charge on any atom is -0.480 e. The summed E-state index contributed by atoms with van der Waals surface area (Å²) in [4.78, 5) is 24.9. The number of aliphatic carboxylic acids is 1. The molecule has 0 spiro atoms. The summed E-state index contributed by atoms with van der Waals surface area (Å²) in [6.45, 7) is 1.87. The third-order valence-electron chi connectivity index (χ3n) is 3.87. The standard InChI is InChI=1S/C15H19ClN2O3/c1-9(11-4-3-5-12(16)8-11)18(2)15(21)17-13(14(19)20)10-6-7-10/h3-5,8-10,13H,6-7H2,1-2H3,(H,17,21)(H,19,20). The quantitative estimate of drug-likeness (QED) is 0.878. The minimum absolute atomic E-state index is 0.0568. The van der Waals surface area contributed by atoms with E-state index in [0.29, 0.717) is 5.02 Å². The topological polar surface area (TPSA) is 69.6 Å². The van der Waals surface area contributed by atoms with Crippen molar-refractivity contribution in [3.8, 4) is 0 Å². The van der Waals surface area contributed by atoms with Crippen molar-refractivity contribution in [2.45, 2.75) is 31.8 Å². The Morgan fingerprint density at radius 3 is 2.62 bits per heavy atom. The zero-order valence-corrected chi connectivity index (χ0v) is 12.8. The zero-order valence-electron chi connectivity index (χ0n) is 12.0. The summed E-state index contributed by atoms with van der Waals surface area (Å²) in [5.41, 5.74) is 0.901. The molecule has 2 rings (SSSR count). The van der Waals surface area contributed by atoms with Crippen LogP contribution in [-0.2, 0) is 4.79 Å². The molecule has 1 aliphatic rings. The average molecular weight is 311 g/mol. The molecule has 1 aliphatic carbocycles. The minimum atomic E-state index is -0.977. The van der Waals surface area contributed by atoms with Crippen molar-refractivity contribution >= 4 is 23.6 Å². The first kappa shape index (κ1) is 15.6. The predicted octanol–water partition coefficient (Wildman–Crippen LogP) is 2.91. The molecule has 1 aromatic rings. The highest BCUT2D eigenvalue weighted by Crippen LogP contribution is 2.33. The number of halogens is 1. The number of nitrogens with one attached hydrogen (secondary N) is 1. The fourth-order valence-electron chi connectivity index (χ4n) is 2.21. The van der Waals surface area contributed by atoms with Gasteiger partial charge in [-0.3, -0.25) is 0 Å². The molecule has 0 bridgehead atoms. The Hall–Kier alpha value is -1.75. The van der Waals surface area contributed by atoms with E-state index in [4.69, 9.17) is 16.7 Å². The third kappa shape index (κ3) is 3.88. The van der Waals surface area contributed by atoms with Crippen molar-refractivity contribution in [2.75, 3.05) is 7.05 Å². The van der Waals surface area contributed by atoms with E-state index in [0.717, 1.165) is 18.4 Å². The van der Waals surface area contributed by atoms with Crippen LogP contribution in [0.1, 0.15) is 31.4 Å². The summed E-state index contributed by atoms with van der Waals surface area (Å²) in [5.74, 6) is -0.920. The summed E-state index contributed by atoms with van der Waals surface area (Å²) in [5, 5.41) is 12.4. The number of rotatable bonds is 5. The maximum Gasteiger partial charge on any atom is 0.326 e. The normalized spacial score (nSPS) is 16.9. The van der Waals surface area contributed by atoms with Crippen LogP contribution in [0.15, 0.2) is 24.3 Å². The van der Waals surface area contributed by atoms with Gasteiger partial charge in [-0.1, -0.05) is 23.7 Å². The van der Waals surface area contributed by atoms with Crippen LogP contribution in [0.4, 0.5) is 4.79 Å². The van der Waals surface area contributed by atoms with Crippen LogP contribution in [0.3, 0.4) is 0 Å². The van der Waals surface area contributed by atoms with Gasteiger partial charge in [0.25, 0.3) is 0 Å². The first-order valence-electron chi connectivity index (χ1n) is 6.91. The maximum atomic E-state index is 12.2. The van der Waals surface area contributed by atoms with Gasteiger partial charge in [0.05, 0.1) is 6.04 Å². The molecule has 6 heteroatoms. The fourth-order valence-corrected chi connectivity index (χ4v) is 2.41. The lowest BCUT2D eigenvalue weighted by Gasteiger charge is -2.27. The Kier molecular flexibility index (Phi) is 4.73. The van der Waals surface area contributed by atoms with E-state index in [1.165, 1.54) is 4.90 Å². The van der Waals surface area contributed by atoms with Crippen LogP contribution >= 0.6 is 11.6 Å². The number of hydrogen-bond acceptors (Lipinski definition) is 2. The Bertz CT molecular complexity index is 545. The molecule has 2 amide bonds. The van der Waals surface area contributed by atoms with Crippen LogP contribution in [0.2, 0.25) is 5.02 Å². The average Bonchev–Trinajstić information content (AvgIpc) is 3.27. The number of urea groups is 1. The predicted molar refractivity (Wildman–Crippen MR) is 80.3 cm³/mol. The van der Waals surface area contributed by atoms with Crippen LogP contribution < -0.4 is 5.32 Å². The number of nitrogens with zero attached hydrogens (tertiary/aromatic N) is 1. The molecule has 0 saturated heterocycles. The number of carbonyl (C=O) groups excluding carboxylic acids is 1. The lowest BCUT2D eigenvalue weighted by Crippen LogP contribution is -2.48. The van der Waals surface area contributed by atoms with E-state index in [1.807, 2.05) is 19.1 Å². The Morgan fingerprint density at radius 1 is 1.43 bits per heavy atom. The van der Waals surface area contributed by atoms with Crippen LogP contribution in [0.5, 0.6) is 0 Å². The van der Waals surface area contributed by atoms with Crippen LogP contribution in [0.25, 0.3) is 0 Å². The summed E-state index contributed by atoms with van der Waals surface area (Å²) < 4.78 is 0. The monoisotopic (exact) mass is 310 g/mol. The smallest absolute Gasteiger partial charge is 0.326 e. The second-order valence-electron chi connectivity index (χ2n) is 5.44. The fraction of sp³-hybridized carbons (Fsp3) is 0.467. The number of carboxylic acid groups (broad SMARTS) is 1. The first-order chi connectivity index (χ1) is 9.90. The molecule has 0 radical (unpaired) electrons. The lowest BCUT2D eigenvalue weighted by molar-refractivity contribution is -0.139. The van der Waals surface area contributed by atoms with E-state index in [2.05, 4.69) is 5.32 Å². The number of carbonyl (C=O) groups is 2. The van der Waals surface area contributed by atoms with Gasteiger partial charge in [-0.25, -0.2) is 9.59 Å². The highest BCUT2D eigenvalue weighted by atomic mass is 35.5. The molecule has 1 fully saturated rings. The first-order valence-corrected chi connectivity index (χ1v) is 7.29. The molecule has 21 heavy (non-hydrogen) atoms. The Morgan fingerprint density at radius 2 is 2.10 bits per heavy atom. The van der Waals surface area contributed by atoms with Crippen molar-refractivity contribution < 1.29 is 14.7 Å². The highest BCUT2D eigenvalue weighted by molar-refractivity contribution is 6.30. The van der Waals surface area contributed by atoms with Crippen molar-refractivity contribution in [3.63, 3.8) is 0 Å². The van der Waals surface area contributed by atoms with Crippen LogP contribution in [-0.4, -0.2) is 35.1 Å². The summed E-state index contributed by atoms with van der Waals surface area (Å²) >= 11 is 5.95. The third-order valence-corrected chi connectivity index (χ3v) is 4.11. The zero-order chi connectivity index (χ0) is 15.6. The molecule has 2 atom stereocenters. The van der Waals surface area contributed by atoms with Gasteiger partial charge in [0, 0.05) is 12.1 Å². The molecular weight excluding hydrogens is 292 g/mol. The number of amides is 2. The van der Waals surface area contributed by atoms with Gasteiger partial charge < -0.3 is 15.3 Å². The summed E-state index contributed by atoms with van der Waals surface area (Å²) in [6, 6.07) is 5.89. The number of carboxylic acids is 1. The van der Waals surface area contributed by atoms with E-state index < -0.39 is 12.0 Å². The molecule has 0 aliphatic heterocycles. The molecule has 1 aromatic carbocycles. The second-order valence-corrected chi connectivity index (χ2v) is 5.88. The van der Waals surface area contributed by atoms with Gasteiger partial charge in [0.15, 0.2) is 0 Å². The SMILES string of the molecule is CC(c1cccc(Cl)c1)N(C)C(=O)NC(C(=O)O)C1CC1. The maximum absolute atomic E-state index is 12.2. The van der Waals surface area contributed by atoms with Crippen molar-refractivity contribution in [1.82, 2.24) is 10.2 Å². The molecule has 0 aromatic heterocycles. The summed E-state index contributed by atoms with van der Waals surface area (Å²) in [6.07, 6.45) is 1.70. The number of benzene rings is 1. The summed E-state index contributed by atoms with van der Waals surface area (Å²) in [7, 11) is 1.65. The largest absolute Gasteiger partial charge is 0.480 e. The van der Waals surface area contributed by atoms with Gasteiger partial charge in [-0.2, -0.15) is 0 Å². The van der Waals surface area contributed by atoms with Gasteiger partial charge in [-0.05, 0) is 43.4 Å². The Labute approximate surface area is 128 Å². The highest BCUT2D eigenvalue weighted by Gasteiger charge is 2.38. The molecule has 2 N–H and O–H groups in total. The van der Waals surface area contributed by atoms with Gasteiger partial charge >= 0.3 is 12.0 Å². The molecule has 114 valence electrons. The molecule has 1 saturated carbocycles. The number of hydrogen-bond donors (Lipinski definition) is 2. The van der Waals surface area contributed by atoms with E-state index >= 15 is 0 Å². The van der Waals surface area contributed by atoms with Crippen molar-refractivity contribution in [2.24, 2.45) is 5.92 Å². The van der Waals surface area contributed by atoms with Gasteiger partial charge in [-0.15, -0.1) is 0 Å². The van der Waals surface area contributed by atoms with E-state index in [9.17, 15) is 9.59 Å². The van der Waals surface area contributed by atoms with Gasteiger partial charge in [0.2, 0.25) is 0 Å². The Balaban J connectivity index is 2.02. The molecule has 0 heterocycles. The van der Waals surface area contributed by atoms with E-state index in [1.54, 1.807) is 19.2 Å². The molecular formula is C15H19ClN2O3. The lowest BCUT2D eigenvalue weighted by atomic mass is 10.1. The van der Waals surface area contributed by atoms with Crippen LogP contribution in [0, 0.1) is 5.92 Å².